The van der Waals surface area contributed by atoms with Crippen LogP contribution < -0.4 is 5.56 Å². The highest BCUT2D eigenvalue weighted by atomic mass is 35.5. The van der Waals surface area contributed by atoms with E-state index in [0.717, 1.165) is 28.3 Å². The van der Waals surface area contributed by atoms with Crippen molar-refractivity contribution in [3.8, 4) is 11.3 Å². The van der Waals surface area contributed by atoms with Gasteiger partial charge >= 0.3 is 0 Å². The summed E-state index contributed by atoms with van der Waals surface area (Å²) in [6.07, 6.45) is 4.36. The molecule has 1 fully saturated rings. The molecule has 172 valence electrons. The smallest absolute Gasteiger partial charge is 0.269 e. The third-order valence-corrected chi connectivity index (χ3v) is 7.40. The van der Waals surface area contributed by atoms with Gasteiger partial charge in [-0.3, -0.25) is 4.79 Å². The molecule has 32 heavy (non-hydrogen) atoms. The lowest BCUT2D eigenvalue weighted by molar-refractivity contribution is 0.192. The number of rotatable bonds is 5. The van der Waals surface area contributed by atoms with Crippen LogP contribution in [0.5, 0.6) is 0 Å². The van der Waals surface area contributed by atoms with E-state index in [1.807, 2.05) is 13.1 Å². The number of H-pyrrole nitrogens is 1. The minimum Gasteiger partial charge on any atom is -0.354 e. The summed E-state index contributed by atoms with van der Waals surface area (Å²) in [5.74, 6) is 1.69. The first-order chi connectivity index (χ1) is 15.2. The van der Waals surface area contributed by atoms with E-state index in [4.69, 9.17) is 11.6 Å². The van der Waals surface area contributed by atoms with Gasteiger partial charge in [0, 0.05) is 36.3 Å². The van der Waals surface area contributed by atoms with Crippen LogP contribution in [0, 0.1) is 12.8 Å². The second-order valence-electron chi connectivity index (χ2n) is 10.2. The highest BCUT2D eigenvalue weighted by Crippen LogP contribution is 2.39. The SMILES string of the molecule is Cc1c(-c2[nH]c3ccc(C4CCN(CC(C)C)CC4)cc3c2C(C)C)cn(C)c(=O)c1Cl. The number of nitrogens with zero attached hydrogens (tertiary/aromatic N) is 2. The molecule has 0 aliphatic carbocycles. The van der Waals surface area contributed by atoms with Gasteiger partial charge in [-0.15, -0.1) is 0 Å². The van der Waals surface area contributed by atoms with E-state index >= 15 is 0 Å². The first-order valence-corrected chi connectivity index (χ1v) is 12.3. The van der Waals surface area contributed by atoms with E-state index in [2.05, 4.69) is 55.8 Å². The highest BCUT2D eigenvalue weighted by molar-refractivity contribution is 6.31. The Labute approximate surface area is 196 Å². The molecule has 1 aliphatic heterocycles. The number of aryl methyl sites for hydroxylation is 1. The Morgan fingerprint density at radius 1 is 1.16 bits per heavy atom. The molecule has 0 atom stereocenters. The predicted molar refractivity (Wildman–Crippen MR) is 136 cm³/mol. The Hall–Kier alpha value is -2.04. The van der Waals surface area contributed by atoms with E-state index in [1.165, 1.54) is 49.0 Å². The zero-order valence-electron chi connectivity index (χ0n) is 20.3. The largest absolute Gasteiger partial charge is 0.354 e. The summed E-state index contributed by atoms with van der Waals surface area (Å²) in [5.41, 5.74) is 6.66. The van der Waals surface area contributed by atoms with Crippen molar-refractivity contribution < 1.29 is 0 Å². The first-order valence-electron chi connectivity index (χ1n) is 11.9. The van der Waals surface area contributed by atoms with Crippen LogP contribution in [0.25, 0.3) is 22.2 Å². The number of likely N-dealkylation sites (tertiary alicyclic amines) is 1. The first kappa shape index (κ1) is 23.1. The lowest BCUT2D eigenvalue weighted by Gasteiger charge is -2.33. The number of halogens is 1. The average molecular weight is 454 g/mol. The van der Waals surface area contributed by atoms with E-state index in [-0.39, 0.29) is 5.56 Å². The molecule has 3 aromatic rings. The molecule has 0 bridgehead atoms. The van der Waals surface area contributed by atoms with Gasteiger partial charge in [0.1, 0.15) is 5.02 Å². The highest BCUT2D eigenvalue weighted by Gasteiger charge is 2.24. The van der Waals surface area contributed by atoms with Crippen LogP contribution >= 0.6 is 11.6 Å². The van der Waals surface area contributed by atoms with Gasteiger partial charge in [-0.1, -0.05) is 45.4 Å². The molecule has 4 nitrogen and oxygen atoms in total. The molecule has 1 N–H and O–H groups in total. The van der Waals surface area contributed by atoms with Crippen LogP contribution in [-0.4, -0.2) is 34.1 Å². The molecule has 0 spiro atoms. The molecule has 4 rings (SSSR count). The quantitative estimate of drug-likeness (QED) is 0.482. The summed E-state index contributed by atoms with van der Waals surface area (Å²) in [5, 5.41) is 1.59. The van der Waals surface area contributed by atoms with Crippen LogP contribution in [-0.2, 0) is 7.05 Å². The summed E-state index contributed by atoms with van der Waals surface area (Å²) < 4.78 is 1.58. The standard InChI is InChI=1S/C27H36ClN3O/c1-16(2)14-31-11-9-19(10-12-31)20-7-8-23-21(13-20)24(17(3)4)26(29-23)22-15-30(6)27(32)25(28)18(22)5/h7-8,13,15-17,19,29H,9-12,14H2,1-6H3. The van der Waals surface area contributed by atoms with E-state index in [1.54, 1.807) is 11.6 Å². The molecule has 0 radical (unpaired) electrons. The zero-order chi connectivity index (χ0) is 23.2. The average Bonchev–Trinajstić information content (AvgIpc) is 3.13. The van der Waals surface area contributed by atoms with Gasteiger partial charge in [-0.25, -0.2) is 0 Å². The van der Waals surface area contributed by atoms with Crippen molar-refractivity contribution in [2.45, 2.75) is 59.3 Å². The molecule has 0 saturated carbocycles. The fraction of sp³-hybridized carbons (Fsp3) is 0.519. The second-order valence-corrected chi connectivity index (χ2v) is 10.6. The molecule has 3 heterocycles. The van der Waals surface area contributed by atoms with E-state index < -0.39 is 0 Å². The van der Waals surface area contributed by atoms with Crippen molar-refractivity contribution in [1.29, 1.82) is 0 Å². The number of hydrogen-bond donors (Lipinski definition) is 1. The number of fused-ring (bicyclic) bond motifs is 1. The Kier molecular flexibility index (Phi) is 6.56. The van der Waals surface area contributed by atoms with Gasteiger partial charge in [0.15, 0.2) is 0 Å². The second kappa shape index (κ2) is 9.07. The molecule has 2 aromatic heterocycles. The van der Waals surface area contributed by atoms with Crippen LogP contribution in [0.1, 0.15) is 69.1 Å². The maximum Gasteiger partial charge on any atom is 0.269 e. The molecule has 5 heteroatoms. The minimum atomic E-state index is -0.152. The van der Waals surface area contributed by atoms with Gasteiger partial charge in [-0.2, -0.15) is 0 Å². The summed E-state index contributed by atoms with van der Waals surface area (Å²) in [6.45, 7) is 14.6. The molecule has 0 amide bonds. The fourth-order valence-electron chi connectivity index (χ4n) is 5.30. The van der Waals surface area contributed by atoms with Crippen molar-refractivity contribution in [3.63, 3.8) is 0 Å². The van der Waals surface area contributed by atoms with Crippen LogP contribution in [0.2, 0.25) is 5.02 Å². The number of pyridine rings is 1. The minimum absolute atomic E-state index is 0.152. The lowest BCUT2D eigenvalue weighted by atomic mass is 9.87. The van der Waals surface area contributed by atoms with Crippen molar-refractivity contribution in [3.05, 3.63) is 56.5 Å². The van der Waals surface area contributed by atoms with Gasteiger partial charge < -0.3 is 14.5 Å². The molecule has 1 aromatic carbocycles. The van der Waals surface area contributed by atoms with Gasteiger partial charge in [-0.05, 0) is 79.4 Å². The molecule has 1 saturated heterocycles. The number of benzene rings is 1. The van der Waals surface area contributed by atoms with Crippen molar-refractivity contribution in [2.24, 2.45) is 13.0 Å². The summed E-state index contributed by atoms with van der Waals surface area (Å²) >= 11 is 6.39. The summed E-state index contributed by atoms with van der Waals surface area (Å²) in [7, 11) is 1.76. The Morgan fingerprint density at radius 3 is 2.47 bits per heavy atom. The van der Waals surface area contributed by atoms with Gasteiger partial charge in [0.05, 0.1) is 5.69 Å². The zero-order valence-corrected chi connectivity index (χ0v) is 21.0. The summed E-state index contributed by atoms with van der Waals surface area (Å²) in [6, 6.07) is 6.95. The van der Waals surface area contributed by atoms with Crippen LogP contribution in [0.4, 0.5) is 0 Å². The molecule has 1 aliphatic rings. The fourth-order valence-corrected chi connectivity index (χ4v) is 5.53. The third-order valence-electron chi connectivity index (χ3n) is 6.96. The Morgan fingerprint density at radius 2 is 1.84 bits per heavy atom. The third kappa shape index (κ3) is 4.27. The molecular weight excluding hydrogens is 418 g/mol. The number of aromatic amines is 1. The molecule has 0 unspecified atom stereocenters. The predicted octanol–water partition coefficient (Wildman–Crippen LogP) is 6.45. The molecular formula is C27H36ClN3O. The van der Waals surface area contributed by atoms with Crippen LogP contribution in [0.3, 0.4) is 0 Å². The van der Waals surface area contributed by atoms with Crippen molar-refractivity contribution in [2.75, 3.05) is 19.6 Å². The van der Waals surface area contributed by atoms with Crippen molar-refractivity contribution in [1.82, 2.24) is 14.5 Å². The topological polar surface area (TPSA) is 41.0 Å². The Balaban J connectivity index is 1.74. The normalized spacial score (nSPS) is 16.0. The Bertz CT molecular complexity index is 1180. The maximum absolute atomic E-state index is 12.3. The number of piperidine rings is 1. The number of nitrogens with one attached hydrogen (secondary N) is 1. The van der Waals surface area contributed by atoms with Crippen molar-refractivity contribution >= 4 is 22.5 Å². The number of hydrogen-bond acceptors (Lipinski definition) is 2. The summed E-state index contributed by atoms with van der Waals surface area (Å²) in [4.78, 5) is 18.5. The van der Waals surface area contributed by atoms with Gasteiger partial charge in [0.25, 0.3) is 5.56 Å². The monoisotopic (exact) mass is 453 g/mol. The van der Waals surface area contributed by atoms with E-state index in [9.17, 15) is 4.79 Å². The maximum atomic E-state index is 12.3. The lowest BCUT2D eigenvalue weighted by Crippen LogP contribution is -2.35. The van der Waals surface area contributed by atoms with Crippen LogP contribution in [0.15, 0.2) is 29.2 Å². The van der Waals surface area contributed by atoms with E-state index in [0.29, 0.717) is 16.9 Å². The van der Waals surface area contributed by atoms with Gasteiger partial charge in [0.2, 0.25) is 0 Å². The number of aromatic nitrogens is 2.